The molecule has 1 aliphatic heterocycles. The maximum absolute atomic E-state index is 14.4. The van der Waals surface area contributed by atoms with E-state index in [0.29, 0.717) is 18.8 Å². The number of hydrogen-bond acceptors (Lipinski definition) is 7. The Balaban J connectivity index is 1.58. The van der Waals surface area contributed by atoms with Gasteiger partial charge in [0.05, 0.1) is 24.9 Å². The second-order valence-electron chi connectivity index (χ2n) is 7.19. The Hall–Kier alpha value is -3.31. The molecule has 1 fully saturated rings. The van der Waals surface area contributed by atoms with Crippen LogP contribution in [0.3, 0.4) is 0 Å². The third-order valence-corrected chi connectivity index (χ3v) is 5.08. The number of benzene rings is 1. The van der Waals surface area contributed by atoms with Gasteiger partial charge in [0.1, 0.15) is 17.5 Å². The molecule has 3 N–H and O–H groups in total. The van der Waals surface area contributed by atoms with Gasteiger partial charge in [0, 0.05) is 24.8 Å². The Morgan fingerprint density at radius 1 is 1.35 bits per heavy atom. The van der Waals surface area contributed by atoms with E-state index in [0.717, 1.165) is 18.6 Å². The van der Waals surface area contributed by atoms with Crippen molar-refractivity contribution in [3.8, 4) is 5.75 Å². The van der Waals surface area contributed by atoms with Crippen LogP contribution in [0.2, 0.25) is 0 Å². The number of aliphatic hydroxyl groups is 2. The molecule has 2 atom stereocenters. The van der Waals surface area contributed by atoms with Crippen LogP contribution in [0.25, 0.3) is 5.65 Å². The summed E-state index contributed by atoms with van der Waals surface area (Å²) >= 11 is 0. The Morgan fingerprint density at radius 3 is 3.00 bits per heavy atom. The standard InChI is InChI=1S/C20H21F2N5O4/c21-12-3-4-15(22)14(8-12)16-2-1-6-26(16)18-5-7-27-19(25-18)17(10-24-27)31-20(30)23-9-13(29)11-28/h3-5,7-8,10,13,16,28-29H,1-2,6,9,11H2,(H,23,30)/t13-,16-/m1/s1. The van der Waals surface area contributed by atoms with E-state index >= 15 is 0 Å². The molecular weight excluding hydrogens is 412 g/mol. The van der Waals surface area contributed by atoms with E-state index in [2.05, 4.69) is 15.4 Å². The fraction of sp³-hybridized carbons (Fsp3) is 0.350. The highest BCUT2D eigenvalue weighted by molar-refractivity contribution is 5.73. The summed E-state index contributed by atoms with van der Waals surface area (Å²) in [5.41, 5.74) is 0.534. The number of nitrogens with zero attached hydrogens (tertiary/aromatic N) is 4. The molecule has 1 aliphatic rings. The first kappa shape index (κ1) is 20.9. The van der Waals surface area contributed by atoms with Crippen molar-refractivity contribution in [3.63, 3.8) is 0 Å². The summed E-state index contributed by atoms with van der Waals surface area (Å²) in [7, 11) is 0. The number of amides is 1. The maximum Gasteiger partial charge on any atom is 0.412 e. The molecule has 1 saturated heterocycles. The average Bonchev–Trinajstić information content (AvgIpc) is 3.41. The topological polar surface area (TPSA) is 112 Å². The summed E-state index contributed by atoms with van der Waals surface area (Å²) in [4.78, 5) is 18.4. The van der Waals surface area contributed by atoms with Gasteiger partial charge in [0.25, 0.3) is 0 Å². The van der Waals surface area contributed by atoms with Gasteiger partial charge in [-0.3, -0.25) is 0 Å². The first-order valence-corrected chi connectivity index (χ1v) is 9.77. The molecule has 164 valence electrons. The van der Waals surface area contributed by atoms with Crippen LogP contribution in [0, 0.1) is 11.6 Å². The van der Waals surface area contributed by atoms with Gasteiger partial charge in [-0.05, 0) is 37.1 Å². The Kier molecular flexibility index (Phi) is 5.96. The van der Waals surface area contributed by atoms with Crippen molar-refractivity contribution in [2.24, 2.45) is 0 Å². The second kappa shape index (κ2) is 8.82. The van der Waals surface area contributed by atoms with E-state index in [9.17, 15) is 18.7 Å². The number of fused-ring (bicyclic) bond motifs is 1. The van der Waals surface area contributed by atoms with Gasteiger partial charge in [0.2, 0.25) is 5.65 Å². The number of nitrogens with one attached hydrogen (secondary N) is 1. The molecule has 11 heteroatoms. The lowest BCUT2D eigenvalue weighted by Gasteiger charge is -2.26. The minimum absolute atomic E-state index is 0.0884. The molecule has 9 nitrogen and oxygen atoms in total. The lowest BCUT2D eigenvalue weighted by molar-refractivity contribution is 0.0937. The number of hydrogen-bond donors (Lipinski definition) is 3. The number of anilines is 1. The summed E-state index contributed by atoms with van der Waals surface area (Å²) in [6.45, 7) is -0.0691. The van der Waals surface area contributed by atoms with Gasteiger partial charge < -0.3 is 25.2 Å². The predicted molar refractivity (Wildman–Crippen MR) is 106 cm³/mol. The summed E-state index contributed by atoms with van der Waals surface area (Å²) in [5, 5.41) is 24.5. The molecule has 0 radical (unpaired) electrons. The third-order valence-electron chi connectivity index (χ3n) is 5.08. The van der Waals surface area contributed by atoms with Crippen LogP contribution in [-0.2, 0) is 0 Å². The average molecular weight is 433 g/mol. The molecule has 2 aromatic heterocycles. The molecule has 3 heterocycles. The van der Waals surface area contributed by atoms with Crippen molar-refractivity contribution in [2.75, 3.05) is 24.6 Å². The minimum Gasteiger partial charge on any atom is -0.405 e. The molecule has 31 heavy (non-hydrogen) atoms. The van der Waals surface area contributed by atoms with Gasteiger partial charge >= 0.3 is 6.09 Å². The molecule has 0 saturated carbocycles. The summed E-state index contributed by atoms with van der Waals surface area (Å²) in [6, 6.07) is 4.74. The summed E-state index contributed by atoms with van der Waals surface area (Å²) < 4.78 is 34.7. The SMILES string of the molecule is O=C(NC[C@@H](O)CO)Oc1cnn2ccc(N3CCC[C@@H]3c3cc(F)ccc3F)nc12. The molecule has 1 aromatic carbocycles. The van der Waals surface area contributed by atoms with Gasteiger partial charge in [-0.15, -0.1) is 0 Å². The first-order valence-electron chi connectivity index (χ1n) is 9.77. The zero-order valence-electron chi connectivity index (χ0n) is 16.4. The Bertz CT molecular complexity index is 1090. The van der Waals surface area contributed by atoms with E-state index in [1.54, 1.807) is 12.3 Å². The van der Waals surface area contributed by atoms with Gasteiger partial charge in [-0.1, -0.05) is 0 Å². The molecular formula is C20H21F2N5O4. The van der Waals surface area contributed by atoms with Gasteiger partial charge in [-0.25, -0.2) is 23.1 Å². The van der Waals surface area contributed by atoms with Crippen molar-refractivity contribution in [1.82, 2.24) is 19.9 Å². The number of rotatable bonds is 6. The lowest BCUT2D eigenvalue weighted by atomic mass is 10.0. The van der Waals surface area contributed by atoms with E-state index in [1.807, 2.05) is 4.90 Å². The maximum atomic E-state index is 14.4. The molecule has 3 aromatic rings. The van der Waals surface area contributed by atoms with Crippen molar-refractivity contribution in [1.29, 1.82) is 0 Å². The van der Waals surface area contributed by atoms with Crippen LogP contribution in [-0.4, -0.2) is 56.7 Å². The monoisotopic (exact) mass is 433 g/mol. The minimum atomic E-state index is -1.10. The highest BCUT2D eigenvalue weighted by Gasteiger charge is 2.30. The van der Waals surface area contributed by atoms with E-state index in [4.69, 9.17) is 9.84 Å². The fourth-order valence-electron chi connectivity index (χ4n) is 3.61. The number of aliphatic hydroxyl groups excluding tert-OH is 2. The van der Waals surface area contributed by atoms with E-state index in [-0.39, 0.29) is 29.5 Å². The normalized spacial score (nSPS) is 17.2. The van der Waals surface area contributed by atoms with Crippen LogP contribution < -0.4 is 15.0 Å². The van der Waals surface area contributed by atoms with Crippen molar-refractivity contribution in [3.05, 3.63) is 53.9 Å². The molecule has 0 aliphatic carbocycles. The quantitative estimate of drug-likeness (QED) is 0.543. The molecule has 1 amide bonds. The second-order valence-corrected chi connectivity index (χ2v) is 7.19. The van der Waals surface area contributed by atoms with Crippen LogP contribution in [0.1, 0.15) is 24.4 Å². The Morgan fingerprint density at radius 2 is 2.19 bits per heavy atom. The zero-order valence-corrected chi connectivity index (χ0v) is 16.4. The number of halogens is 2. The predicted octanol–water partition coefficient (Wildman–Crippen LogP) is 1.79. The van der Waals surface area contributed by atoms with Crippen LogP contribution >= 0.6 is 0 Å². The number of aromatic nitrogens is 3. The van der Waals surface area contributed by atoms with Crippen LogP contribution in [0.5, 0.6) is 5.75 Å². The summed E-state index contributed by atoms with van der Waals surface area (Å²) in [5.74, 6) is -0.379. The van der Waals surface area contributed by atoms with Crippen LogP contribution in [0.15, 0.2) is 36.7 Å². The van der Waals surface area contributed by atoms with E-state index < -0.39 is 30.4 Å². The number of carbonyl (C=O) groups excluding carboxylic acids is 1. The zero-order chi connectivity index (χ0) is 22.0. The highest BCUT2D eigenvalue weighted by Crippen LogP contribution is 2.37. The first-order chi connectivity index (χ1) is 15.0. The van der Waals surface area contributed by atoms with E-state index in [1.165, 1.54) is 16.8 Å². The van der Waals surface area contributed by atoms with Gasteiger partial charge in [0.15, 0.2) is 5.75 Å². The fourth-order valence-corrected chi connectivity index (χ4v) is 3.61. The summed E-state index contributed by atoms with van der Waals surface area (Å²) in [6.07, 6.45) is 2.45. The number of ether oxygens (including phenoxy) is 1. The van der Waals surface area contributed by atoms with Crippen molar-refractivity contribution >= 4 is 17.6 Å². The van der Waals surface area contributed by atoms with Gasteiger partial charge in [-0.2, -0.15) is 5.10 Å². The molecule has 0 spiro atoms. The Labute approximate surface area is 175 Å². The largest absolute Gasteiger partial charge is 0.412 e. The van der Waals surface area contributed by atoms with Crippen molar-refractivity contribution < 1.29 is 28.5 Å². The smallest absolute Gasteiger partial charge is 0.405 e. The number of carbonyl (C=O) groups is 1. The lowest BCUT2D eigenvalue weighted by Crippen LogP contribution is -2.35. The van der Waals surface area contributed by atoms with Crippen molar-refractivity contribution in [2.45, 2.75) is 25.0 Å². The molecule has 0 bridgehead atoms. The highest BCUT2D eigenvalue weighted by atomic mass is 19.1. The third kappa shape index (κ3) is 4.42. The van der Waals surface area contributed by atoms with Crippen LogP contribution in [0.4, 0.5) is 19.4 Å². The molecule has 4 rings (SSSR count). The molecule has 0 unspecified atom stereocenters.